The third-order valence-corrected chi connectivity index (χ3v) is 1.00. The van der Waals surface area contributed by atoms with E-state index in [1.165, 1.54) is 0 Å². The summed E-state index contributed by atoms with van der Waals surface area (Å²) in [5.41, 5.74) is 0. The number of allylic oxidation sites excluding steroid dienone is 2. The second-order valence-corrected chi connectivity index (χ2v) is 1.76. The Kier molecular flexibility index (Phi) is 6.19. The Labute approximate surface area is 55.0 Å². The molecule has 0 aromatic carbocycles. The summed E-state index contributed by atoms with van der Waals surface area (Å²) in [5.74, 6) is 0. The van der Waals surface area contributed by atoms with Crippen LogP contribution in [-0.2, 0) is 18.3 Å². The Balaban J connectivity index is 2.82. The summed E-state index contributed by atoms with van der Waals surface area (Å²) in [6.45, 7) is 3.59. The molecule has 0 aliphatic heterocycles. The van der Waals surface area contributed by atoms with Crippen LogP contribution in [-0.4, -0.2) is 0 Å². The Morgan fingerprint density at radius 1 is 1.43 bits per heavy atom. The van der Waals surface area contributed by atoms with Crippen molar-refractivity contribution >= 4 is 0 Å². The molecule has 0 amide bonds. The van der Waals surface area contributed by atoms with Crippen LogP contribution in [0.5, 0.6) is 0 Å². The molecule has 0 nitrogen and oxygen atoms in total. The first-order valence-corrected chi connectivity index (χ1v) is 3.20. The molecule has 0 rings (SSSR count). The van der Waals surface area contributed by atoms with E-state index < -0.39 is 0 Å². The van der Waals surface area contributed by atoms with Crippen LogP contribution in [0.2, 0.25) is 0 Å². The average molecular weight is 184 g/mol. The van der Waals surface area contributed by atoms with Crippen LogP contribution < -0.4 is 0 Å². The van der Waals surface area contributed by atoms with Crippen molar-refractivity contribution in [3.63, 3.8) is 0 Å². The number of unbranched alkanes of at least 4 members (excludes halogenated alkanes) is 1. The summed E-state index contributed by atoms with van der Waals surface area (Å²) in [7, 11) is 0. The zero-order chi connectivity index (χ0) is 5.54. The molecule has 0 aliphatic rings. The van der Waals surface area contributed by atoms with E-state index >= 15 is 0 Å². The molecule has 0 N–H and O–H groups in total. The number of rotatable bonds is 3. The first kappa shape index (κ1) is 7.10. The predicted molar refractivity (Wildman–Crippen MR) is 28.6 cm³/mol. The predicted octanol–water partition coefficient (Wildman–Crippen LogP) is 2.01. The van der Waals surface area contributed by atoms with Crippen LogP contribution in [0.25, 0.3) is 0 Å². The van der Waals surface area contributed by atoms with Crippen molar-refractivity contribution in [3.05, 3.63) is 23.4 Å². The minimum atomic E-state index is 1.08. The number of hydrogen-bond donors (Lipinski definition) is 0. The van der Waals surface area contributed by atoms with Gasteiger partial charge in [0, 0.05) is 0 Å². The van der Waals surface area contributed by atoms with Gasteiger partial charge in [-0.1, -0.05) is 0 Å². The van der Waals surface area contributed by atoms with E-state index in [9.17, 15) is 0 Å². The van der Waals surface area contributed by atoms with Gasteiger partial charge < -0.3 is 0 Å². The standard InChI is InChI=1S/C6H9.Rh/c1-3-5-6-4-2;/h1,3-4H,2,5-6H2;. The molecule has 0 unspecified atom stereocenters. The first-order valence-electron chi connectivity index (χ1n) is 2.25. The van der Waals surface area contributed by atoms with Gasteiger partial charge in [-0.25, -0.2) is 0 Å². The van der Waals surface area contributed by atoms with Crippen LogP contribution in [0.4, 0.5) is 0 Å². The second-order valence-electron chi connectivity index (χ2n) is 1.21. The van der Waals surface area contributed by atoms with Crippen molar-refractivity contribution in [2.24, 2.45) is 0 Å². The Hall–Kier alpha value is 0.103. The van der Waals surface area contributed by atoms with Gasteiger partial charge in [0.05, 0.1) is 0 Å². The fourth-order valence-electron chi connectivity index (χ4n) is 0.270. The third-order valence-electron chi connectivity index (χ3n) is 0.616. The van der Waals surface area contributed by atoms with E-state index in [0.717, 1.165) is 12.8 Å². The summed E-state index contributed by atoms with van der Waals surface area (Å²) in [5, 5.41) is 0. The summed E-state index contributed by atoms with van der Waals surface area (Å²) in [4.78, 5) is 0. The monoisotopic (exact) mass is 184 g/mol. The molecule has 42 valence electrons. The van der Waals surface area contributed by atoms with Gasteiger partial charge in [0.2, 0.25) is 0 Å². The molecule has 0 saturated carbocycles. The fraction of sp³-hybridized carbons (Fsp3) is 0.333. The molecule has 0 aromatic heterocycles. The molecule has 0 aromatic rings. The van der Waals surface area contributed by atoms with Gasteiger partial charge in [-0.3, -0.25) is 0 Å². The normalized spacial score (nSPS) is 10.0. The van der Waals surface area contributed by atoms with Gasteiger partial charge in [-0.05, 0) is 0 Å². The van der Waals surface area contributed by atoms with Gasteiger partial charge in [0.25, 0.3) is 0 Å². The second kappa shape index (κ2) is 6.10. The summed E-state index contributed by atoms with van der Waals surface area (Å²) in [6.07, 6.45) is 6.21. The van der Waals surface area contributed by atoms with Crippen LogP contribution >= 0.6 is 0 Å². The van der Waals surface area contributed by atoms with Crippen molar-refractivity contribution in [2.75, 3.05) is 0 Å². The van der Waals surface area contributed by atoms with Gasteiger partial charge in [0.1, 0.15) is 0 Å². The molecule has 7 heavy (non-hydrogen) atoms. The molecule has 0 bridgehead atoms. The molecular formula is C6H9Rh. The summed E-state index contributed by atoms with van der Waals surface area (Å²) >= 11 is 2.70. The molecule has 0 fully saturated rings. The molecular weight excluding hydrogens is 175 g/mol. The van der Waals surface area contributed by atoms with E-state index in [0.29, 0.717) is 0 Å². The SMILES string of the molecule is C=CCCC=[CH][Rh]. The van der Waals surface area contributed by atoms with E-state index in [2.05, 4.69) is 31.0 Å². The van der Waals surface area contributed by atoms with Gasteiger partial charge in [-0.15, -0.1) is 0 Å². The van der Waals surface area contributed by atoms with Crippen LogP contribution in [0.1, 0.15) is 12.8 Å². The van der Waals surface area contributed by atoms with Crippen LogP contribution in [0, 0.1) is 0 Å². The zero-order valence-electron chi connectivity index (χ0n) is 4.19. The Morgan fingerprint density at radius 3 is 2.57 bits per heavy atom. The molecule has 0 radical (unpaired) electrons. The Morgan fingerprint density at radius 2 is 2.14 bits per heavy atom. The van der Waals surface area contributed by atoms with Crippen molar-refractivity contribution in [1.29, 1.82) is 0 Å². The molecule has 0 heterocycles. The van der Waals surface area contributed by atoms with E-state index in [-0.39, 0.29) is 0 Å². The molecule has 0 saturated heterocycles. The van der Waals surface area contributed by atoms with E-state index in [1.807, 2.05) is 10.7 Å². The molecule has 0 atom stereocenters. The minimum absolute atomic E-state index is 1.08. The van der Waals surface area contributed by atoms with Crippen molar-refractivity contribution in [2.45, 2.75) is 12.8 Å². The van der Waals surface area contributed by atoms with E-state index in [4.69, 9.17) is 0 Å². The quantitative estimate of drug-likeness (QED) is 0.357. The van der Waals surface area contributed by atoms with Gasteiger partial charge >= 0.3 is 54.5 Å². The van der Waals surface area contributed by atoms with Crippen molar-refractivity contribution in [3.8, 4) is 0 Å². The van der Waals surface area contributed by atoms with Crippen LogP contribution in [0.3, 0.4) is 0 Å². The van der Waals surface area contributed by atoms with Gasteiger partial charge in [0.15, 0.2) is 0 Å². The number of hydrogen-bond acceptors (Lipinski definition) is 0. The van der Waals surface area contributed by atoms with Crippen molar-refractivity contribution < 1.29 is 18.3 Å². The van der Waals surface area contributed by atoms with Gasteiger partial charge in [-0.2, -0.15) is 0 Å². The summed E-state index contributed by atoms with van der Waals surface area (Å²) < 4.78 is 1.95. The Bertz CT molecular complexity index is 64.6. The zero-order valence-corrected chi connectivity index (χ0v) is 5.83. The first-order chi connectivity index (χ1) is 3.41. The topological polar surface area (TPSA) is 0 Å². The van der Waals surface area contributed by atoms with Crippen LogP contribution in [0.15, 0.2) is 23.4 Å². The van der Waals surface area contributed by atoms with Crippen molar-refractivity contribution in [1.82, 2.24) is 0 Å². The average Bonchev–Trinajstić information content (AvgIpc) is 1.69. The molecule has 1 heteroatoms. The molecule has 0 spiro atoms. The fourth-order valence-corrected chi connectivity index (χ4v) is 0.543. The maximum atomic E-state index is 3.59. The summed E-state index contributed by atoms with van der Waals surface area (Å²) in [6, 6.07) is 0. The third kappa shape index (κ3) is 6.10. The van der Waals surface area contributed by atoms with E-state index in [1.54, 1.807) is 0 Å². The molecule has 0 aliphatic carbocycles. The maximum absolute atomic E-state index is 3.59.